The summed E-state index contributed by atoms with van der Waals surface area (Å²) in [4.78, 5) is 30.1. The first-order valence-corrected chi connectivity index (χ1v) is 8.57. The number of nitrogens with two attached hydrogens (primary N) is 1. The molecule has 1 aliphatic rings. The van der Waals surface area contributed by atoms with Crippen molar-refractivity contribution < 1.29 is 9.59 Å². The average Bonchev–Trinajstić information content (AvgIpc) is 2.73. The molecule has 1 aliphatic heterocycles. The highest BCUT2D eigenvalue weighted by molar-refractivity contribution is 9.10. The Kier molecular flexibility index (Phi) is 5.17. The van der Waals surface area contributed by atoms with Gasteiger partial charge in [-0.15, -0.1) is 0 Å². The number of benzodiazepines with no additional fused rings is 1. The molecule has 0 atom stereocenters. The number of hydrogen-bond acceptors (Lipinski definition) is 4. The van der Waals surface area contributed by atoms with Gasteiger partial charge in [-0.2, -0.15) is 0 Å². The summed E-state index contributed by atoms with van der Waals surface area (Å²) in [5.41, 5.74) is 4.66. The molecule has 2 aromatic carbocycles. The van der Waals surface area contributed by atoms with Gasteiger partial charge < -0.3 is 4.90 Å². The SMILES string of the molecule is NNC(=O)CN1C(=O)CN=C(c2ccccc2Cl)c2cc(Br)ccc21. The summed E-state index contributed by atoms with van der Waals surface area (Å²) < 4.78 is 0.823. The zero-order chi connectivity index (χ0) is 18.0. The molecule has 0 aromatic heterocycles. The molecule has 6 nitrogen and oxygen atoms in total. The van der Waals surface area contributed by atoms with E-state index in [1.165, 1.54) is 4.90 Å². The van der Waals surface area contributed by atoms with E-state index in [-0.39, 0.29) is 19.0 Å². The lowest BCUT2D eigenvalue weighted by Gasteiger charge is -2.22. The number of carbonyl (C=O) groups excluding carboxylic acids is 2. The second-order valence-electron chi connectivity index (χ2n) is 5.35. The van der Waals surface area contributed by atoms with E-state index in [2.05, 4.69) is 20.9 Å². The molecule has 0 spiro atoms. The third-order valence-electron chi connectivity index (χ3n) is 3.77. The minimum Gasteiger partial charge on any atom is -0.301 e. The maximum atomic E-state index is 12.5. The quantitative estimate of drug-likeness (QED) is 0.453. The summed E-state index contributed by atoms with van der Waals surface area (Å²) in [5, 5.41) is 0.535. The van der Waals surface area contributed by atoms with Crippen molar-refractivity contribution in [1.82, 2.24) is 5.43 Å². The number of anilines is 1. The molecular formula is C17H14BrClN4O2. The zero-order valence-corrected chi connectivity index (χ0v) is 15.3. The molecular weight excluding hydrogens is 408 g/mol. The van der Waals surface area contributed by atoms with Crippen molar-refractivity contribution in [2.24, 2.45) is 10.8 Å². The molecule has 0 saturated heterocycles. The van der Waals surface area contributed by atoms with Crippen LogP contribution < -0.4 is 16.2 Å². The van der Waals surface area contributed by atoms with E-state index < -0.39 is 5.91 Å². The number of hydrogen-bond donors (Lipinski definition) is 2. The van der Waals surface area contributed by atoms with Crippen LogP contribution in [-0.2, 0) is 9.59 Å². The molecule has 2 aromatic rings. The highest BCUT2D eigenvalue weighted by atomic mass is 79.9. The van der Waals surface area contributed by atoms with E-state index in [1.807, 2.05) is 29.7 Å². The average molecular weight is 422 g/mol. The molecule has 128 valence electrons. The van der Waals surface area contributed by atoms with Crippen LogP contribution in [0.4, 0.5) is 5.69 Å². The molecule has 1 heterocycles. The molecule has 8 heteroatoms. The van der Waals surface area contributed by atoms with Crippen LogP contribution in [0.25, 0.3) is 0 Å². The van der Waals surface area contributed by atoms with Crippen LogP contribution in [0.1, 0.15) is 11.1 Å². The van der Waals surface area contributed by atoms with E-state index >= 15 is 0 Å². The predicted molar refractivity (Wildman–Crippen MR) is 101 cm³/mol. The Morgan fingerprint density at radius 3 is 2.76 bits per heavy atom. The van der Waals surface area contributed by atoms with E-state index in [4.69, 9.17) is 17.4 Å². The minimum absolute atomic E-state index is 0.0926. The molecule has 2 amide bonds. The zero-order valence-electron chi connectivity index (χ0n) is 13.0. The van der Waals surface area contributed by atoms with Crippen LogP contribution in [0, 0.1) is 0 Å². The first-order valence-electron chi connectivity index (χ1n) is 7.40. The normalized spacial score (nSPS) is 13.8. The summed E-state index contributed by atoms with van der Waals surface area (Å²) in [6.45, 7) is -0.278. The summed E-state index contributed by atoms with van der Waals surface area (Å²) in [6, 6.07) is 12.7. The Bertz CT molecular complexity index is 885. The molecule has 3 N–H and O–H groups in total. The van der Waals surface area contributed by atoms with Gasteiger partial charge in [0.05, 0.1) is 11.4 Å². The van der Waals surface area contributed by atoms with Gasteiger partial charge in [0.2, 0.25) is 5.91 Å². The van der Waals surface area contributed by atoms with Crippen LogP contribution >= 0.6 is 27.5 Å². The van der Waals surface area contributed by atoms with E-state index in [0.29, 0.717) is 22.0 Å². The van der Waals surface area contributed by atoms with Crippen LogP contribution in [-0.4, -0.2) is 30.6 Å². The maximum absolute atomic E-state index is 12.5. The fourth-order valence-corrected chi connectivity index (χ4v) is 3.22. The molecule has 25 heavy (non-hydrogen) atoms. The molecule has 3 rings (SSSR count). The van der Waals surface area contributed by atoms with Gasteiger partial charge in [0.15, 0.2) is 0 Å². The number of aliphatic imine (C=N–C) groups is 1. The van der Waals surface area contributed by atoms with Crippen molar-refractivity contribution in [1.29, 1.82) is 0 Å². The molecule has 0 fully saturated rings. The largest absolute Gasteiger partial charge is 0.301 e. The third-order valence-corrected chi connectivity index (χ3v) is 4.59. The van der Waals surface area contributed by atoms with Crippen molar-refractivity contribution in [3.05, 3.63) is 63.1 Å². The van der Waals surface area contributed by atoms with E-state index in [9.17, 15) is 9.59 Å². The topological polar surface area (TPSA) is 87.8 Å². The first kappa shape index (κ1) is 17.6. The Morgan fingerprint density at radius 2 is 2.04 bits per heavy atom. The van der Waals surface area contributed by atoms with E-state index in [1.54, 1.807) is 18.2 Å². The smallest absolute Gasteiger partial charge is 0.253 e. The van der Waals surface area contributed by atoms with Gasteiger partial charge in [0.1, 0.15) is 13.1 Å². The van der Waals surface area contributed by atoms with Crippen molar-refractivity contribution in [3.63, 3.8) is 0 Å². The Morgan fingerprint density at radius 1 is 1.28 bits per heavy atom. The number of halogens is 2. The van der Waals surface area contributed by atoms with Gasteiger partial charge in [0, 0.05) is 20.6 Å². The number of carbonyl (C=O) groups is 2. The molecule has 0 aliphatic carbocycles. The second-order valence-corrected chi connectivity index (χ2v) is 6.68. The lowest BCUT2D eigenvalue weighted by Crippen LogP contribution is -2.44. The van der Waals surface area contributed by atoms with Gasteiger partial charge in [-0.05, 0) is 24.3 Å². The number of nitrogens with one attached hydrogen (secondary N) is 1. The molecule has 0 bridgehead atoms. The van der Waals surface area contributed by atoms with E-state index in [0.717, 1.165) is 10.0 Å². The first-order chi connectivity index (χ1) is 12.0. The predicted octanol–water partition coefficient (Wildman–Crippen LogP) is 2.28. The third kappa shape index (κ3) is 3.58. The van der Waals surface area contributed by atoms with Gasteiger partial charge in [-0.25, -0.2) is 5.84 Å². The summed E-state index contributed by atoms with van der Waals surface area (Å²) in [5.74, 6) is 4.40. The second kappa shape index (κ2) is 7.35. The van der Waals surface area contributed by atoms with Gasteiger partial charge in [-0.3, -0.25) is 20.0 Å². The molecule has 0 saturated carbocycles. The molecule has 0 unspecified atom stereocenters. The van der Waals surface area contributed by atoms with Crippen molar-refractivity contribution in [3.8, 4) is 0 Å². The summed E-state index contributed by atoms with van der Waals surface area (Å²) >= 11 is 9.77. The highest BCUT2D eigenvalue weighted by Gasteiger charge is 2.27. The van der Waals surface area contributed by atoms with Crippen LogP contribution in [0.5, 0.6) is 0 Å². The number of fused-ring (bicyclic) bond motifs is 1. The number of rotatable bonds is 3. The monoisotopic (exact) mass is 420 g/mol. The Labute approximate surface area is 157 Å². The fraction of sp³-hybridized carbons (Fsp3) is 0.118. The highest BCUT2D eigenvalue weighted by Crippen LogP contribution is 2.31. The van der Waals surface area contributed by atoms with Gasteiger partial charge >= 0.3 is 0 Å². The van der Waals surface area contributed by atoms with Crippen molar-refractivity contribution >= 4 is 50.7 Å². The Balaban J connectivity index is 2.17. The van der Waals surface area contributed by atoms with Gasteiger partial charge in [-0.1, -0.05) is 45.7 Å². The standard InChI is InChI=1S/C17H14BrClN4O2/c18-10-5-6-14-12(7-10)17(11-3-1-2-4-13(11)19)21-8-16(25)23(14)9-15(24)22-20/h1-7H,8-9,20H2,(H,22,24). The van der Waals surface area contributed by atoms with Gasteiger partial charge in [0.25, 0.3) is 5.91 Å². The van der Waals surface area contributed by atoms with Crippen LogP contribution in [0.3, 0.4) is 0 Å². The number of benzene rings is 2. The number of amides is 2. The number of hydrazine groups is 1. The summed E-state index contributed by atoms with van der Waals surface area (Å²) in [6.07, 6.45) is 0. The fourth-order valence-electron chi connectivity index (χ4n) is 2.63. The number of nitrogens with zero attached hydrogens (tertiary/aromatic N) is 2. The van der Waals surface area contributed by atoms with Crippen molar-refractivity contribution in [2.75, 3.05) is 18.0 Å². The van der Waals surface area contributed by atoms with Crippen LogP contribution in [0.15, 0.2) is 51.9 Å². The lowest BCUT2D eigenvalue weighted by atomic mass is 10.00. The Hall–Kier alpha value is -2.22. The van der Waals surface area contributed by atoms with Crippen LogP contribution in [0.2, 0.25) is 5.02 Å². The lowest BCUT2D eigenvalue weighted by molar-refractivity contribution is -0.123. The van der Waals surface area contributed by atoms with Crippen molar-refractivity contribution in [2.45, 2.75) is 0 Å². The molecule has 0 radical (unpaired) electrons. The minimum atomic E-state index is -0.469. The maximum Gasteiger partial charge on any atom is 0.253 e. The summed E-state index contributed by atoms with van der Waals surface area (Å²) in [7, 11) is 0.